The Balaban J connectivity index is 1.96. The van der Waals surface area contributed by atoms with E-state index >= 15 is 0 Å². The number of rotatable bonds is 6. The molecule has 0 bridgehead atoms. The second kappa shape index (κ2) is 5.89. The molecule has 0 saturated carbocycles. The normalized spacial score (nSPS) is 14.2. The van der Waals surface area contributed by atoms with Crippen molar-refractivity contribution >= 4 is 22.3 Å². The number of furan rings is 1. The van der Waals surface area contributed by atoms with Gasteiger partial charge in [-0.3, -0.25) is 0 Å². The average molecular weight is 303 g/mol. The van der Waals surface area contributed by atoms with Gasteiger partial charge in [0.1, 0.15) is 0 Å². The fourth-order valence-electron chi connectivity index (χ4n) is 2.25. The van der Waals surface area contributed by atoms with Crippen LogP contribution in [0.1, 0.15) is 11.3 Å². The Morgan fingerprint density at radius 2 is 2.19 bits per heavy atom. The predicted octanol–water partition coefficient (Wildman–Crippen LogP) is 3.33. The van der Waals surface area contributed by atoms with Crippen molar-refractivity contribution in [3.63, 3.8) is 0 Å². The monoisotopic (exact) mass is 303 g/mol. The second-order valence-corrected chi connectivity index (χ2v) is 5.76. The van der Waals surface area contributed by atoms with Crippen LogP contribution < -0.4 is 10.1 Å². The van der Waals surface area contributed by atoms with Crippen LogP contribution in [0.5, 0.6) is 5.75 Å². The molecule has 0 aliphatic carbocycles. The van der Waals surface area contributed by atoms with Gasteiger partial charge in [0.25, 0.3) is 0 Å². The van der Waals surface area contributed by atoms with Crippen LogP contribution in [-0.2, 0) is 5.79 Å². The molecule has 1 aromatic carbocycles. The van der Waals surface area contributed by atoms with Gasteiger partial charge in [-0.1, -0.05) is 18.2 Å². The molecule has 0 aliphatic rings. The standard InChI is InChI=1S/C16H17NO3S/c1-17-9-8-16(18,14-6-3-11-21-14)20-13-5-2-4-12-7-10-19-15(12)13/h2-7,10-11,17-18H,8-9H2,1H3/t16-/m1/s1. The van der Waals surface area contributed by atoms with Gasteiger partial charge in [-0.05, 0) is 30.6 Å². The number of benzene rings is 1. The molecule has 2 N–H and O–H groups in total. The van der Waals surface area contributed by atoms with E-state index in [-0.39, 0.29) is 0 Å². The first-order valence-corrected chi connectivity index (χ1v) is 7.67. The fourth-order valence-corrected chi connectivity index (χ4v) is 3.04. The number of para-hydroxylation sites is 1. The van der Waals surface area contributed by atoms with Crippen LogP contribution in [0.4, 0.5) is 0 Å². The smallest absolute Gasteiger partial charge is 0.245 e. The van der Waals surface area contributed by atoms with Gasteiger partial charge in [-0.25, -0.2) is 0 Å². The van der Waals surface area contributed by atoms with E-state index < -0.39 is 5.79 Å². The molecule has 3 rings (SSSR count). The fraction of sp³-hybridized carbons (Fsp3) is 0.250. The summed E-state index contributed by atoms with van der Waals surface area (Å²) in [5.74, 6) is -0.817. The Labute approximate surface area is 127 Å². The summed E-state index contributed by atoms with van der Waals surface area (Å²) in [5.41, 5.74) is 0.650. The lowest BCUT2D eigenvalue weighted by Gasteiger charge is -2.28. The van der Waals surface area contributed by atoms with Crippen molar-refractivity contribution in [2.75, 3.05) is 13.6 Å². The van der Waals surface area contributed by atoms with E-state index in [1.165, 1.54) is 11.3 Å². The molecule has 0 amide bonds. The Morgan fingerprint density at radius 1 is 1.29 bits per heavy atom. The number of hydrogen-bond acceptors (Lipinski definition) is 5. The summed E-state index contributed by atoms with van der Waals surface area (Å²) >= 11 is 1.47. The van der Waals surface area contributed by atoms with Gasteiger partial charge >= 0.3 is 0 Å². The van der Waals surface area contributed by atoms with Crippen molar-refractivity contribution < 1.29 is 14.3 Å². The summed E-state index contributed by atoms with van der Waals surface area (Å²) in [6.07, 6.45) is 2.07. The minimum atomic E-state index is -1.36. The largest absolute Gasteiger partial charge is 0.460 e. The van der Waals surface area contributed by atoms with Gasteiger partial charge in [0.15, 0.2) is 11.3 Å². The van der Waals surface area contributed by atoms with E-state index in [9.17, 15) is 5.11 Å². The van der Waals surface area contributed by atoms with Crippen LogP contribution in [0, 0.1) is 0 Å². The Hall–Kier alpha value is -1.82. The van der Waals surface area contributed by atoms with E-state index in [1.807, 2.05) is 48.8 Å². The highest BCUT2D eigenvalue weighted by Crippen LogP contribution is 2.35. The minimum absolute atomic E-state index is 0.446. The zero-order valence-electron chi connectivity index (χ0n) is 11.7. The van der Waals surface area contributed by atoms with Crippen molar-refractivity contribution in [3.05, 3.63) is 52.9 Å². The molecule has 4 nitrogen and oxygen atoms in total. The molecule has 1 atom stereocenters. The van der Waals surface area contributed by atoms with Crippen LogP contribution in [0.15, 0.2) is 52.5 Å². The second-order valence-electron chi connectivity index (χ2n) is 4.81. The highest BCUT2D eigenvalue weighted by Gasteiger charge is 2.33. The van der Waals surface area contributed by atoms with Gasteiger partial charge in [0.2, 0.25) is 5.79 Å². The van der Waals surface area contributed by atoms with E-state index in [4.69, 9.17) is 9.15 Å². The maximum Gasteiger partial charge on any atom is 0.245 e. The Bertz CT molecular complexity index is 707. The third kappa shape index (κ3) is 2.81. The summed E-state index contributed by atoms with van der Waals surface area (Å²) in [7, 11) is 1.85. The first kappa shape index (κ1) is 14.1. The van der Waals surface area contributed by atoms with Gasteiger partial charge in [-0.15, -0.1) is 11.3 Å². The van der Waals surface area contributed by atoms with Crippen LogP contribution in [0.25, 0.3) is 11.0 Å². The lowest BCUT2D eigenvalue weighted by atomic mass is 10.1. The number of nitrogens with one attached hydrogen (secondary N) is 1. The molecule has 0 fully saturated rings. The topological polar surface area (TPSA) is 54.6 Å². The van der Waals surface area contributed by atoms with Crippen LogP contribution in [0.3, 0.4) is 0 Å². The van der Waals surface area contributed by atoms with Crippen molar-refractivity contribution in [3.8, 4) is 5.75 Å². The molecule has 0 radical (unpaired) electrons. The van der Waals surface area contributed by atoms with E-state index in [0.29, 0.717) is 24.3 Å². The summed E-state index contributed by atoms with van der Waals surface area (Å²) < 4.78 is 11.4. The molecular weight excluding hydrogens is 286 g/mol. The summed E-state index contributed by atoms with van der Waals surface area (Å²) in [6.45, 7) is 0.641. The van der Waals surface area contributed by atoms with E-state index in [2.05, 4.69) is 5.32 Å². The first-order chi connectivity index (χ1) is 10.2. The lowest BCUT2D eigenvalue weighted by molar-refractivity contribution is -0.147. The predicted molar refractivity (Wildman–Crippen MR) is 83.6 cm³/mol. The van der Waals surface area contributed by atoms with Crippen molar-refractivity contribution in [1.29, 1.82) is 0 Å². The van der Waals surface area contributed by atoms with Crippen LogP contribution in [-0.4, -0.2) is 18.7 Å². The maximum absolute atomic E-state index is 11.0. The van der Waals surface area contributed by atoms with Gasteiger partial charge in [0, 0.05) is 18.4 Å². The average Bonchev–Trinajstić information content (AvgIpc) is 3.16. The number of hydrogen-bond donors (Lipinski definition) is 2. The van der Waals surface area contributed by atoms with E-state index in [0.717, 1.165) is 10.3 Å². The Morgan fingerprint density at radius 3 is 2.95 bits per heavy atom. The third-order valence-electron chi connectivity index (χ3n) is 3.34. The minimum Gasteiger partial charge on any atom is -0.460 e. The molecule has 0 saturated heterocycles. The number of fused-ring (bicyclic) bond motifs is 1. The third-order valence-corrected chi connectivity index (χ3v) is 4.34. The quantitative estimate of drug-likeness (QED) is 0.686. The molecule has 2 aromatic heterocycles. The summed E-state index contributed by atoms with van der Waals surface area (Å²) in [6, 6.07) is 11.3. The molecule has 5 heteroatoms. The van der Waals surface area contributed by atoms with Crippen molar-refractivity contribution in [1.82, 2.24) is 5.32 Å². The molecule has 3 aromatic rings. The van der Waals surface area contributed by atoms with Crippen molar-refractivity contribution in [2.45, 2.75) is 12.2 Å². The number of aliphatic hydroxyl groups is 1. The van der Waals surface area contributed by atoms with Crippen LogP contribution >= 0.6 is 11.3 Å². The zero-order valence-corrected chi connectivity index (χ0v) is 12.5. The molecule has 0 spiro atoms. The Kier molecular flexibility index (Phi) is 3.96. The molecule has 0 aliphatic heterocycles. The molecule has 110 valence electrons. The zero-order chi connectivity index (χ0) is 14.7. The van der Waals surface area contributed by atoms with Crippen molar-refractivity contribution in [2.24, 2.45) is 0 Å². The van der Waals surface area contributed by atoms with Gasteiger partial charge < -0.3 is 19.6 Å². The number of ether oxygens (including phenoxy) is 1. The van der Waals surface area contributed by atoms with E-state index in [1.54, 1.807) is 6.26 Å². The molecule has 0 unspecified atom stereocenters. The maximum atomic E-state index is 11.0. The highest BCUT2D eigenvalue weighted by atomic mass is 32.1. The SMILES string of the molecule is CNCC[C@@](O)(Oc1cccc2ccoc12)c1cccs1. The summed E-state index contributed by atoms with van der Waals surface area (Å²) in [5, 5.41) is 16.9. The van der Waals surface area contributed by atoms with Crippen LogP contribution in [0.2, 0.25) is 0 Å². The molecule has 21 heavy (non-hydrogen) atoms. The highest BCUT2D eigenvalue weighted by molar-refractivity contribution is 7.10. The first-order valence-electron chi connectivity index (χ1n) is 6.79. The number of thiophene rings is 1. The van der Waals surface area contributed by atoms with Gasteiger partial charge in [0.05, 0.1) is 11.1 Å². The molecular formula is C16H17NO3S. The molecule has 2 heterocycles. The summed E-state index contributed by atoms with van der Waals surface area (Å²) in [4.78, 5) is 0.779. The lowest BCUT2D eigenvalue weighted by Crippen LogP contribution is -2.35. The van der Waals surface area contributed by atoms with Gasteiger partial charge in [-0.2, -0.15) is 0 Å².